The maximum atomic E-state index is 17.4. The first-order chi connectivity index (χ1) is 26.6. The number of carbonyl (C=O) groups excluding carboxylic acids is 1. The first-order valence-corrected chi connectivity index (χ1v) is 20.2. The normalized spacial score (nSPS) is 25.5. The molecular formula is C43H42Cl2FN7O2. The van der Waals surface area contributed by atoms with Crippen LogP contribution in [0.1, 0.15) is 66.8 Å². The van der Waals surface area contributed by atoms with Gasteiger partial charge in [-0.05, 0) is 81.7 Å². The smallest absolute Gasteiger partial charge is 0.226 e. The predicted octanol–water partition coefficient (Wildman–Crippen LogP) is 8.50. The summed E-state index contributed by atoms with van der Waals surface area (Å²) in [5.41, 5.74) is 6.52. The Morgan fingerprint density at radius 3 is 2.64 bits per heavy atom. The molecular weight excluding hydrogens is 736 g/mol. The van der Waals surface area contributed by atoms with Crippen molar-refractivity contribution in [3.05, 3.63) is 81.0 Å². The number of fused-ring (bicyclic) bond motifs is 6. The zero-order chi connectivity index (χ0) is 37.9. The van der Waals surface area contributed by atoms with E-state index in [4.69, 9.17) is 32.9 Å². The number of anilines is 1. The fourth-order valence-corrected chi connectivity index (χ4v) is 10.8. The van der Waals surface area contributed by atoms with Gasteiger partial charge in [0.05, 0.1) is 46.9 Å². The molecule has 6 atom stereocenters. The van der Waals surface area contributed by atoms with E-state index in [-0.39, 0.29) is 58.9 Å². The molecule has 55 heavy (non-hydrogen) atoms. The molecule has 1 N–H and O–H groups in total. The molecule has 2 aromatic carbocycles. The van der Waals surface area contributed by atoms with Gasteiger partial charge in [0.15, 0.2) is 5.82 Å². The van der Waals surface area contributed by atoms with E-state index in [0.717, 1.165) is 79.0 Å². The van der Waals surface area contributed by atoms with E-state index < -0.39 is 5.82 Å². The molecule has 11 rings (SSSR count). The third kappa shape index (κ3) is 5.44. The number of benzene rings is 2. The number of halogens is 3. The molecule has 0 radical (unpaired) electrons. The number of ether oxygens (including phenoxy) is 1. The average Bonchev–Trinajstić information content (AvgIpc) is 3.45. The highest BCUT2D eigenvalue weighted by Crippen LogP contribution is 2.54. The van der Waals surface area contributed by atoms with Crippen molar-refractivity contribution >= 4 is 56.6 Å². The van der Waals surface area contributed by atoms with Gasteiger partial charge in [0.25, 0.3) is 0 Å². The number of nitriles is 1. The lowest BCUT2D eigenvalue weighted by atomic mass is 9.79. The summed E-state index contributed by atoms with van der Waals surface area (Å²) in [5.74, 6) is 1.03. The second kappa shape index (κ2) is 13.1. The lowest BCUT2D eigenvalue weighted by Gasteiger charge is -2.40. The number of rotatable bonds is 8. The molecule has 4 bridgehead atoms. The van der Waals surface area contributed by atoms with Gasteiger partial charge in [-0.3, -0.25) is 4.79 Å². The van der Waals surface area contributed by atoms with Gasteiger partial charge in [0, 0.05) is 94.7 Å². The SMILES string of the molecule is COc1cc(N2CC3CC(C2)N(C(=O)C2CC2)C3c2cc3c(C)nc4c(F)c(-c5cccc(Cl)c5Cl)c(CCC#N)cc4c3n2C2C3CNC2C3)cc(C)n1. The summed E-state index contributed by atoms with van der Waals surface area (Å²) in [6, 6.07) is 16.2. The highest BCUT2D eigenvalue weighted by Gasteiger charge is 2.55. The van der Waals surface area contributed by atoms with E-state index in [2.05, 4.69) is 42.9 Å². The van der Waals surface area contributed by atoms with Gasteiger partial charge < -0.3 is 24.4 Å². The van der Waals surface area contributed by atoms with Crippen LogP contribution in [0.15, 0.2) is 42.5 Å². The molecule has 2 saturated carbocycles. The van der Waals surface area contributed by atoms with Crippen molar-refractivity contribution in [1.82, 2.24) is 24.8 Å². The van der Waals surface area contributed by atoms with Gasteiger partial charge in [0.2, 0.25) is 11.8 Å². The number of hydrogen-bond donors (Lipinski definition) is 1. The Balaban J connectivity index is 1.20. The molecule has 9 nitrogen and oxygen atoms in total. The maximum absolute atomic E-state index is 17.4. The molecule has 4 saturated heterocycles. The highest BCUT2D eigenvalue weighted by atomic mass is 35.5. The molecule has 6 aliphatic rings. The van der Waals surface area contributed by atoms with Crippen molar-refractivity contribution in [2.24, 2.45) is 17.8 Å². The van der Waals surface area contributed by atoms with Crippen LogP contribution in [0.3, 0.4) is 0 Å². The number of methoxy groups -OCH3 is 1. The minimum absolute atomic E-state index is 0.0509. The zero-order valence-corrected chi connectivity index (χ0v) is 32.6. The van der Waals surface area contributed by atoms with Crippen molar-refractivity contribution in [1.29, 1.82) is 5.26 Å². The Morgan fingerprint density at radius 1 is 1.07 bits per heavy atom. The Hall–Kier alpha value is -4.43. The van der Waals surface area contributed by atoms with Gasteiger partial charge in [-0.15, -0.1) is 0 Å². The van der Waals surface area contributed by atoms with Crippen LogP contribution in [0.4, 0.5) is 10.1 Å². The third-order valence-electron chi connectivity index (χ3n) is 13.0. The van der Waals surface area contributed by atoms with E-state index in [1.165, 1.54) is 0 Å². The number of nitrogens with zero attached hydrogens (tertiary/aromatic N) is 6. The van der Waals surface area contributed by atoms with Gasteiger partial charge in [-0.1, -0.05) is 35.3 Å². The van der Waals surface area contributed by atoms with Crippen molar-refractivity contribution < 1.29 is 13.9 Å². The molecule has 3 aromatic heterocycles. The molecule has 282 valence electrons. The van der Waals surface area contributed by atoms with Crippen LogP contribution in [0, 0.1) is 48.7 Å². The molecule has 6 fully saturated rings. The van der Waals surface area contributed by atoms with Crippen LogP contribution in [0.25, 0.3) is 32.9 Å². The minimum atomic E-state index is -0.468. The van der Waals surface area contributed by atoms with Crippen LogP contribution < -0.4 is 15.0 Å². The molecule has 12 heteroatoms. The Morgan fingerprint density at radius 2 is 1.91 bits per heavy atom. The van der Waals surface area contributed by atoms with Gasteiger partial charge in [-0.25, -0.2) is 14.4 Å². The van der Waals surface area contributed by atoms with Crippen LogP contribution >= 0.6 is 23.2 Å². The second-order valence-corrected chi connectivity index (χ2v) is 17.1. The van der Waals surface area contributed by atoms with Crippen molar-refractivity contribution in [2.75, 3.05) is 31.6 Å². The summed E-state index contributed by atoms with van der Waals surface area (Å²) in [4.78, 5) is 28.7. The quantitative estimate of drug-likeness (QED) is 0.169. The fourth-order valence-electron chi connectivity index (χ4n) is 10.4. The van der Waals surface area contributed by atoms with Gasteiger partial charge in [-0.2, -0.15) is 5.26 Å². The van der Waals surface area contributed by atoms with Crippen LogP contribution in [-0.2, 0) is 11.2 Å². The van der Waals surface area contributed by atoms with Crippen LogP contribution in [0.2, 0.25) is 10.0 Å². The van der Waals surface area contributed by atoms with Crippen molar-refractivity contribution in [3.8, 4) is 23.1 Å². The number of likely N-dealkylation sites (tertiary alicyclic amines) is 1. The van der Waals surface area contributed by atoms with Crippen LogP contribution in [0.5, 0.6) is 5.88 Å². The molecule has 4 aliphatic heterocycles. The average molecular weight is 779 g/mol. The van der Waals surface area contributed by atoms with Gasteiger partial charge in [0.1, 0.15) is 5.52 Å². The number of hydrogen-bond acceptors (Lipinski definition) is 7. The minimum Gasteiger partial charge on any atom is -0.481 e. The summed E-state index contributed by atoms with van der Waals surface area (Å²) < 4.78 is 25.4. The number of aryl methyl sites for hydroxylation is 3. The fraction of sp³-hybridized carbons (Fsp3) is 0.442. The van der Waals surface area contributed by atoms with E-state index >= 15 is 4.39 Å². The second-order valence-electron chi connectivity index (χ2n) is 16.3. The molecule has 2 aliphatic carbocycles. The first-order valence-electron chi connectivity index (χ1n) is 19.5. The Labute approximate surface area is 329 Å². The summed E-state index contributed by atoms with van der Waals surface area (Å²) in [6.45, 7) is 6.39. The van der Waals surface area contributed by atoms with E-state index in [9.17, 15) is 10.1 Å². The summed E-state index contributed by atoms with van der Waals surface area (Å²) in [7, 11) is 1.64. The number of carbonyl (C=O) groups is 1. The van der Waals surface area contributed by atoms with Gasteiger partial charge >= 0.3 is 0 Å². The van der Waals surface area contributed by atoms with Crippen molar-refractivity contribution in [2.45, 2.75) is 76.5 Å². The lowest BCUT2D eigenvalue weighted by Crippen LogP contribution is -2.45. The number of amides is 1. The van der Waals surface area contributed by atoms with Crippen LogP contribution in [-0.4, -0.2) is 64.2 Å². The van der Waals surface area contributed by atoms with Crippen molar-refractivity contribution in [3.63, 3.8) is 0 Å². The number of pyridine rings is 2. The monoisotopic (exact) mass is 777 g/mol. The molecule has 1 amide bonds. The largest absolute Gasteiger partial charge is 0.481 e. The Bertz CT molecular complexity index is 2460. The standard InChI is InChI=1S/C43H42Cl2FN7O2/c1-21-12-27(16-35(49-21)55-3)51-19-26-13-28(20-51)52(43(54)23-9-10-23)41(26)34-17-30-22(2)50-39-31(42(30)53(34)40-25-15-33(40)48-18-25)14-24(6-5-11-47)36(38(39)46)29-7-4-8-32(44)37(29)45/h4,7-8,12,14,16-17,23,25-26,28,33,40-41,48H,5-6,9-10,13,15,18-20H2,1-3H3. The maximum Gasteiger partial charge on any atom is 0.226 e. The van der Waals surface area contributed by atoms with E-state index in [1.807, 2.05) is 26.0 Å². The lowest BCUT2D eigenvalue weighted by molar-refractivity contribution is -0.135. The summed E-state index contributed by atoms with van der Waals surface area (Å²) in [6.07, 6.45) is 4.42. The number of piperidine rings is 1. The molecule has 0 spiro atoms. The third-order valence-corrected chi connectivity index (χ3v) is 13.8. The molecule has 5 aromatic rings. The zero-order valence-electron chi connectivity index (χ0n) is 31.1. The first kappa shape index (κ1) is 35.0. The summed E-state index contributed by atoms with van der Waals surface area (Å²) in [5, 5.41) is 15.7. The number of nitrogens with one attached hydrogen (secondary N) is 1. The molecule has 7 heterocycles. The summed E-state index contributed by atoms with van der Waals surface area (Å²) >= 11 is 13.2. The Kier molecular flexibility index (Phi) is 8.32. The van der Waals surface area contributed by atoms with E-state index in [0.29, 0.717) is 45.3 Å². The predicted molar refractivity (Wildman–Crippen MR) is 212 cm³/mol. The number of aromatic nitrogens is 3. The van der Waals surface area contributed by atoms with E-state index in [1.54, 1.807) is 25.3 Å². The molecule has 6 unspecified atom stereocenters. The topological polar surface area (TPSA) is 99.3 Å². The highest BCUT2D eigenvalue weighted by molar-refractivity contribution is 6.43.